The maximum Gasteiger partial charge on any atom is 0.122 e. The zero-order valence-electron chi connectivity index (χ0n) is 7.76. The first kappa shape index (κ1) is 8.70. The van der Waals surface area contributed by atoms with Crippen molar-refractivity contribution in [1.82, 2.24) is 0 Å². The van der Waals surface area contributed by atoms with Crippen LogP contribution < -0.4 is 5.73 Å². The fraction of sp³-hybridized carbons (Fsp3) is 0.455. The molecule has 1 nitrogen and oxygen atoms in total. The van der Waals surface area contributed by atoms with Crippen LogP contribution in [0.15, 0.2) is 24.3 Å². The van der Waals surface area contributed by atoms with Crippen molar-refractivity contribution in [1.29, 1.82) is 0 Å². The highest BCUT2D eigenvalue weighted by atomic mass is 19.1. The van der Waals surface area contributed by atoms with Crippen LogP contribution in [-0.2, 0) is 5.54 Å². The Morgan fingerprint density at radius 2 is 1.85 bits per heavy atom. The van der Waals surface area contributed by atoms with Gasteiger partial charge < -0.3 is 5.73 Å². The van der Waals surface area contributed by atoms with Gasteiger partial charge in [0.15, 0.2) is 0 Å². The average molecular weight is 179 g/mol. The summed E-state index contributed by atoms with van der Waals surface area (Å²) < 4.78 is 12.8. The topological polar surface area (TPSA) is 26.0 Å². The van der Waals surface area contributed by atoms with Gasteiger partial charge in [0.05, 0.1) is 0 Å². The summed E-state index contributed by atoms with van der Waals surface area (Å²) in [5.74, 6) is 0. The molecule has 0 saturated heterocycles. The third kappa shape index (κ3) is 1.59. The number of hydrogen-bond acceptors (Lipinski definition) is 1. The van der Waals surface area contributed by atoms with Crippen molar-refractivity contribution in [3.8, 4) is 0 Å². The Kier molecular flexibility index (Phi) is 1.88. The number of halogens is 1. The molecule has 0 bridgehead atoms. The predicted molar refractivity (Wildman–Crippen MR) is 51.1 cm³/mol. The molecule has 1 aromatic rings. The van der Waals surface area contributed by atoms with Gasteiger partial charge >= 0.3 is 0 Å². The smallest absolute Gasteiger partial charge is 0.122 e. The van der Waals surface area contributed by atoms with Gasteiger partial charge in [-0.3, -0.25) is 0 Å². The van der Waals surface area contributed by atoms with Crippen LogP contribution in [-0.4, -0.2) is 0 Å². The SMILES string of the molecule is CC(F)c1ccc(C2(N)CC2)cc1. The number of rotatable bonds is 2. The molecule has 1 atom stereocenters. The summed E-state index contributed by atoms with van der Waals surface area (Å²) in [6, 6.07) is 7.54. The Hall–Kier alpha value is -0.890. The highest BCUT2D eigenvalue weighted by molar-refractivity contribution is 5.32. The van der Waals surface area contributed by atoms with Crippen molar-refractivity contribution >= 4 is 0 Å². The molecule has 2 N–H and O–H groups in total. The Morgan fingerprint density at radius 1 is 1.31 bits per heavy atom. The van der Waals surface area contributed by atoms with Gasteiger partial charge in [0.25, 0.3) is 0 Å². The second kappa shape index (κ2) is 2.81. The molecule has 13 heavy (non-hydrogen) atoms. The molecule has 70 valence electrons. The summed E-state index contributed by atoms with van der Waals surface area (Å²) in [4.78, 5) is 0. The van der Waals surface area contributed by atoms with Crippen molar-refractivity contribution in [2.45, 2.75) is 31.5 Å². The molecule has 1 aliphatic rings. The van der Waals surface area contributed by atoms with E-state index >= 15 is 0 Å². The van der Waals surface area contributed by atoms with Crippen LogP contribution in [0.2, 0.25) is 0 Å². The van der Waals surface area contributed by atoms with E-state index in [0.29, 0.717) is 0 Å². The fourth-order valence-corrected chi connectivity index (χ4v) is 1.50. The minimum atomic E-state index is -0.887. The second-order valence-corrected chi connectivity index (χ2v) is 3.89. The average Bonchev–Trinajstić information content (AvgIpc) is 2.85. The Balaban J connectivity index is 2.24. The van der Waals surface area contributed by atoms with E-state index in [2.05, 4.69) is 0 Å². The summed E-state index contributed by atoms with van der Waals surface area (Å²) in [6.07, 6.45) is 1.22. The largest absolute Gasteiger partial charge is 0.321 e. The van der Waals surface area contributed by atoms with Crippen molar-refractivity contribution in [3.63, 3.8) is 0 Å². The molecular weight excluding hydrogens is 165 g/mol. The first-order valence-electron chi connectivity index (χ1n) is 4.65. The second-order valence-electron chi connectivity index (χ2n) is 3.89. The van der Waals surface area contributed by atoms with Gasteiger partial charge in [-0.25, -0.2) is 4.39 Å². The van der Waals surface area contributed by atoms with Gasteiger partial charge in [-0.1, -0.05) is 24.3 Å². The van der Waals surface area contributed by atoms with Gasteiger partial charge in [0.2, 0.25) is 0 Å². The van der Waals surface area contributed by atoms with Gasteiger partial charge in [-0.05, 0) is 30.9 Å². The molecule has 1 aliphatic carbocycles. The fourth-order valence-electron chi connectivity index (χ4n) is 1.50. The molecule has 2 heteroatoms. The normalized spacial score (nSPS) is 21.2. The van der Waals surface area contributed by atoms with Gasteiger partial charge in [0.1, 0.15) is 6.17 Å². The monoisotopic (exact) mass is 179 g/mol. The van der Waals surface area contributed by atoms with Crippen LogP contribution in [0.4, 0.5) is 4.39 Å². The molecular formula is C11H14FN. The van der Waals surface area contributed by atoms with Crippen molar-refractivity contribution in [2.24, 2.45) is 5.73 Å². The van der Waals surface area contributed by atoms with E-state index in [4.69, 9.17) is 5.73 Å². The molecule has 0 heterocycles. The van der Waals surface area contributed by atoms with E-state index in [-0.39, 0.29) is 5.54 Å². The standard InChI is InChI=1S/C11H14FN/c1-8(12)9-2-4-10(5-3-9)11(13)6-7-11/h2-5,8H,6-7,13H2,1H3. The third-order valence-corrected chi connectivity index (χ3v) is 2.73. The van der Waals surface area contributed by atoms with Crippen LogP contribution >= 0.6 is 0 Å². The van der Waals surface area contributed by atoms with Crippen LogP contribution in [0, 0.1) is 0 Å². The number of alkyl halides is 1. The summed E-state index contributed by atoms with van der Waals surface area (Å²) in [5, 5.41) is 0. The molecule has 0 aromatic heterocycles. The lowest BCUT2D eigenvalue weighted by Crippen LogP contribution is -2.18. The minimum Gasteiger partial charge on any atom is -0.321 e. The first-order valence-corrected chi connectivity index (χ1v) is 4.65. The number of nitrogens with two attached hydrogens (primary N) is 1. The lowest BCUT2D eigenvalue weighted by molar-refractivity contribution is 0.374. The van der Waals surface area contributed by atoms with E-state index in [9.17, 15) is 4.39 Å². The number of hydrogen-bond donors (Lipinski definition) is 1. The maximum atomic E-state index is 12.8. The van der Waals surface area contributed by atoms with Crippen LogP contribution in [0.1, 0.15) is 37.1 Å². The molecule has 0 amide bonds. The Bertz CT molecular complexity index is 298. The zero-order valence-corrected chi connectivity index (χ0v) is 7.76. The van der Waals surface area contributed by atoms with Crippen molar-refractivity contribution in [2.75, 3.05) is 0 Å². The molecule has 1 unspecified atom stereocenters. The van der Waals surface area contributed by atoms with E-state index in [1.807, 2.05) is 24.3 Å². The lowest BCUT2D eigenvalue weighted by atomic mass is 10.0. The predicted octanol–water partition coefficient (Wildman–Crippen LogP) is 2.66. The highest BCUT2D eigenvalue weighted by Gasteiger charge is 2.39. The summed E-state index contributed by atoms with van der Waals surface area (Å²) in [6.45, 7) is 1.55. The minimum absolute atomic E-state index is 0.0991. The van der Waals surface area contributed by atoms with Crippen LogP contribution in [0.25, 0.3) is 0 Å². The summed E-state index contributed by atoms with van der Waals surface area (Å²) in [5.41, 5.74) is 7.77. The zero-order chi connectivity index (χ0) is 9.47. The first-order chi connectivity index (χ1) is 6.12. The van der Waals surface area contributed by atoms with Crippen LogP contribution in [0.5, 0.6) is 0 Å². The molecule has 0 aliphatic heterocycles. The van der Waals surface area contributed by atoms with Crippen molar-refractivity contribution < 1.29 is 4.39 Å². The van der Waals surface area contributed by atoms with Gasteiger partial charge in [-0.2, -0.15) is 0 Å². The molecule has 2 rings (SSSR count). The van der Waals surface area contributed by atoms with E-state index in [0.717, 1.165) is 24.0 Å². The lowest BCUT2D eigenvalue weighted by Gasteiger charge is -2.10. The maximum absolute atomic E-state index is 12.8. The molecule has 1 aromatic carbocycles. The highest BCUT2D eigenvalue weighted by Crippen LogP contribution is 2.42. The van der Waals surface area contributed by atoms with Gasteiger partial charge in [0, 0.05) is 5.54 Å². The van der Waals surface area contributed by atoms with E-state index in [1.54, 1.807) is 6.92 Å². The Morgan fingerprint density at radius 3 is 2.23 bits per heavy atom. The van der Waals surface area contributed by atoms with Gasteiger partial charge in [-0.15, -0.1) is 0 Å². The molecule has 1 saturated carbocycles. The third-order valence-electron chi connectivity index (χ3n) is 2.73. The Labute approximate surface area is 77.8 Å². The quantitative estimate of drug-likeness (QED) is 0.742. The van der Waals surface area contributed by atoms with E-state index in [1.165, 1.54) is 0 Å². The van der Waals surface area contributed by atoms with E-state index < -0.39 is 6.17 Å². The summed E-state index contributed by atoms with van der Waals surface area (Å²) >= 11 is 0. The molecule has 0 radical (unpaired) electrons. The van der Waals surface area contributed by atoms with Crippen LogP contribution in [0.3, 0.4) is 0 Å². The molecule has 1 fully saturated rings. The van der Waals surface area contributed by atoms with Crippen molar-refractivity contribution in [3.05, 3.63) is 35.4 Å². The number of benzene rings is 1. The molecule has 0 spiro atoms. The summed E-state index contributed by atoms with van der Waals surface area (Å²) in [7, 11) is 0.